The Hall–Kier alpha value is -0.990. The molecule has 0 unspecified atom stereocenters. The van der Waals surface area contributed by atoms with E-state index in [9.17, 15) is 21.6 Å². The molecular weight excluding hydrogens is 331 g/mol. The summed E-state index contributed by atoms with van der Waals surface area (Å²) >= 11 is 5.70. The van der Waals surface area contributed by atoms with E-state index >= 15 is 0 Å². The largest absolute Gasteiger partial charge is 0.496 e. The molecule has 21 heavy (non-hydrogen) atoms. The van der Waals surface area contributed by atoms with Crippen molar-refractivity contribution in [3.05, 3.63) is 23.8 Å². The maximum Gasteiger partial charge on any atom is 0.390 e. The average Bonchev–Trinajstić information content (AvgIpc) is 2.42. The van der Waals surface area contributed by atoms with Crippen LogP contribution in [0.1, 0.15) is 12.0 Å². The van der Waals surface area contributed by atoms with Gasteiger partial charge in [-0.1, -0.05) is 0 Å². The summed E-state index contributed by atoms with van der Waals surface area (Å²) < 4.78 is 66.6. The molecule has 1 aromatic carbocycles. The Morgan fingerprint density at radius 2 is 1.95 bits per heavy atom. The van der Waals surface area contributed by atoms with E-state index in [4.69, 9.17) is 16.3 Å². The maximum absolute atomic E-state index is 12.2. The van der Waals surface area contributed by atoms with Gasteiger partial charge in [0.05, 0.1) is 24.3 Å². The Labute approximate surface area is 126 Å². The molecule has 0 amide bonds. The highest BCUT2D eigenvalue weighted by Crippen LogP contribution is 2.26. The zero-order valence-corrected chi connectivity index (χ0v) is 13.0. The first-order chi connectivity index (χ1) is 9.61. The highest BCUT2D eigenvalue weighted by Gasteiger charge is 2.30. The zero-order valence-electron chi connectivity index (χ0n) is 11.4. The van der Waals surface area contributed by atoms with Gasteiger partial charge < -0.3 is 4.74 Å². The molecule has 0 aromatic heterocycles. The fraction of sp³-hybridized carbons (Fsp3) is 0.500. The van der Waals surface area contributed by atoms with Crippen LogP contribution in [0, 0.1) is 0 Å². The van der Waals surface area contributed by atoms with E-state index in [1.165, 1.54) is 25.3 Å². The van der Waals surface area contributed by atoms with E-state index in [0.717, 1.165) is 7.05 Å². The van der Waals surface area contributed by atoms with E-state index in [2.05, 4.69) is 0 Å². The second kappa shape index (κ2) is 6.85. The average molecular weight is 346 g/mol. The van der Waals surface area contributed by atoms with Gasteiger partial charge in [0.15, 0.2) is 0 Å². The predicted octanol–water partition coefficient (Wildman–Crippen LogP) is 3.01. The molecule has 0 N–H and O–H groups in total. The Morgan fingerprint density at radius 3 is 2.43 bits per heavy atom. The number of nitrogens with zero attached hydrogens (tertiary/aromatic N) is 1. The quantitative estimate of drug-likeness (QED) is 0.745. The summed E-state index contributed by atoms with van der Waals surface area (Å²) in [6.45, 7) is -0.645. The van der Waals surface area contributed by atoms with Gasteiger partial charge in [-0.05, 0) is 18.2 Å². The summed E-state index contributed by atoms with van der Waals surface area (Å²) in [5.41, 5.74) is 0.449. The Bertz CT molecular complexity index is 590. The van der Waals surface area contributed by atoms with Crippen LogP contribution < -0.4 is 4.74 Å². The van der Waals surface area contributed by atoms with Gasteiger partial charge in [-0.3, -0.25) is 0 Å². The van der Waals surface area contributed by atoms with E-state index in [0.29, 0.717) is 15.6 Å². The number of sulfonamides is 1. The van der Waals surface area contributed by atoms with Crippen LogP contribution in [-0.4, -0.2) is 39.6 Å². The number of halogens is 4. The summed E-state index contributed by atoms with van der Waals surface area (Å²) in [6, 6.07) is 3.99. The molecule has 1 aromatic rings. The van der Waals surface area contributed by atoms with Gasteiger partial charge in [0.2, 0.25) is 10.0 Å². The molecule has 9 heteroatoms. The first kappa shape index (κ1) is 18.1. The van der Waals surface area contributed by atoms with Crippen molar-refractivity contribution in [2.45, 2.75) is 23.4 Å². The molecule has 0 saturated carbocycles. The molecule has 0 spiro atoms. The SMILES string of the molecule is COc1ccc(S(=O)(=O)N(C)CCC(F)(F)F)cc1CCl. The third-order valence-corrected chi connectivity index (χ3v) is 4.95. The topological polar surface area (TPSA) is 46.6 Å². The molecule has 0 fully saturated rings. The zero-order chi connectivity index (χ0) is 16.3. The minimum atomic E-state index is -4.41. The molecule has 1 rings (SSSR count). The molecule has 0 aliphatic carbocycles. The van der Waals surface area contributed by atoms with Crippen molar-refractivity contribution in [3.8, 4) is 5.75 Å². The normalized spacial score (nSPS) is 12.7. The van der Waals surface area contributed by atoms with Gasteiger partial charge in [-0.2, -0.15) is 13.2 Å². The molecule has 0 aliphatic heterocycles. The van der Waals surface area contributed by atoms with Crippen LogP contribution in [0.15, 0.2) is 23.1 Å². The number of ether oxygens (including phenoxy) is 1. The number of benzene rings is 1. The standard InChI is InChI=1S/C12H15ClF3NO3S/c1-17(6-5-12(14,15)16)21(18,19)10-3-4-11(20-2)9(7-10)8-13/h3-4,7H,5-6,8H2,1-2H3. The Balaban J connectivity index is 3.02. The smallest absolute Gasteiger partial charge is 0.390 e. The summed E-state index contributed by atoms with van der Waals surface area (Å²) in [4.78, 5) is -0.122. The van der Waals surface area contributed by atoms with Gasteiger partial charge in [-0.25, -0.2) is 12.7 Å². The van der Waals surface area contributed by atoms with Crippen LogP contribution >= 0.6 is 11.6 Å². The van der Waals surface area contributed by atoms with Gasteiger partial charge in [0.25, 0.3) is 0 Å². The second-order valence-corrected chi connectivity index (χ2v) is 6.61. The summed E-state index contributed by atoms with van der Waals surface area (Å²) in [5.74, 6) is 0.445. The van der Waals surface area contributed by atoms with Crippen molar-refractivity contribution in [1.82, 2.24) is 4.31 Å². The summed E-state index contributed by atoms with van der Waals surface area (Å²) in [5, 5.41) is 0. The lowest BCUT2D eigenvalue weighted by Gasteiger charge is -2.19. The predicted molar refractivity (Wildman–Crippen MR) is 73.0 cm³/mol. The molecule has 0 atom stereocenters. The third-order valence-electron chi connectivity index (χ3n) is 2.81. The number of methoxy groups -OCH3 is 1. The lowest BCUT2D eigenvalue weighted by molar-refractivity contribution is -0.135. The van der Waals surface area contributed by atoms with Crippen LogP contribution in [0.5, 0.6) is 5.75 Å². The van der Waals surface area contributed by atoms with Crippen molar-refractivity contribution < 1.29 is 26.3 Å². The first-order valence-electron chi connectivity index (χ1n) is 5.88. The van der Waals surface area contributed by atoms with Crippen LogP contribution in [0.3, 0.4) is 0 Å². The number of hydrogen-bond donors (Lipinski definition) is 0. The highest BCUT2D eigenvalue weighted by molar-refractivity contribution is 7.89. The number of rotatable bonds is 6. The molecule has 0 bridgehead atoms. The van der Waals surface area contributed by atoms with Crippen LogP contribution in [-0.2, 0) is 15.9 Å². The van der Waals surface area contributed by atoms with Crippen molar-refractivity contribution in [2.24, 2.45) is 0 Å². The van der Waals surface area contributed by atoms with Crippen LogP contribution in [0.2, 0.25) is 0 Å². The van der Waals surface area contributed by atoms with Crippen molar-refractivity contribution in [3.63, 3.8) is 0 Å². The molecular formula is C12H15ClF3NO3S. The molecule has 4 nitrogen and oxygen atoms in total. The molecule has 0 aliphatic rings. The van der Waals surface area contributed by atoms with E-state index in [1.54, 1.807) is 0 Å². The number of hydrogen-bond acceptors (Lipinski definition) is 3. The fourth-order valence-electron chi connectivity index (χ4n) is 1.60. The monoisotopic (exact) mass is 345 g/mol. The first-order valence-corrected chi connectivity index (χ1v) is 7.85. The molecule has 0 heterocycles. The van der Waals surface area contributed by atoms with Gasteiger partial charge >= 0.3 is 6.18 Å². The molecule has 0 radical (unpaired) electrons. The fourth-order valence-corrected chi connectivity index (χ4v) is 3.04. The molecule has 120 valence electrons. The van der Waals surface area contributed by atoms with E-state index in [-0.39, 0.29) is 10.8 Å². The van der Waals surface area contributed by atoms with Crippen LogP contribution in [0.4, 0.5) is 13.2 Å². The number of alkyl halides is 4. The molecule has 0 saturated heterocycles. The van der Waals surface area contributed by atoms with Crippen molar-refractivity contribution >= 4 is 21.6 Å². The summed E-state index contributed by atoms with van der Waals surface area (Å²) in [6.07, 6.45) is -5.62. The highest BCUT2D eigenvalue weighted by atomic mass is 35.5. The summed E-state index contributed by atoms with van der Waals surface area (Å²) in [7, 11) is -1.49. The lowest BCUT2D eigenvalue weighted by Crippen LogP contribution is -2.30. The van der Waals surface area contributed by atoms with E-state index < -0.39 is 29.2 Å². The third kappa shape index (κ3) is 4.76. The maximum atomic E-state index is 12.2. The van der Waals surface area contributed by atoms with Gasteiger partial charge in [-0.15, -0.1) is 11.6 Å². The second-order valence-electron chi connectivity index (χ2n) is 4.30. The van der Waals surface area contributed by atoms with Crippen molar-refractivity contribution in [1.29, 1.82) is 0 Å². The van der Waals surface area contributed by atoms with Gasteiger partial charge in [0.1, 0.15) is 5.75 Å². The van der Waals surface area contributed by atoms with Crippen LogP contribution in [0.25, 0.3) is 0 Å². The minimum absolute atomic E-state index is 0.0266. The lowest BCUT2D eigenvalue weighted by atomic mass is 10.2. The Morgan fingerprint density at radius 1 is 1.33 bits per heavy atom. The van der Waals surface area contributed by atoms with E-state index in [1.807, 2.05) is 0 Å². The Kier molecular flexibility index (Phi) is 5.89. The minimum Gasteiger partial charge on any atom is -0.496 e. The van der Waals surface area contributed by atoms with Gasteiger partial charge in [0, 0.05) is 19.2 Å². The van der Waals surface area contributed by atoms with Crippen molar-refractivity contribution in [2.75, 3.05) is 20.7 Å².